The van der Waals surface area contributed by atoms with Gasteiger partial charge in [0.25, 0.3) is 0 Å². The van der Waals surface area contributed by atoms with E-state index >= 15 is 0 Å². The lowest BCUT2D eigenvalue weighted by Crippen LogP contribution is -2.36. The fourth-order valence-corrected chi connectivity index (χ4v) is 3.43. The molecule has 1 aromatic carbocycles. The third-order valence-corrected chi connectivity index (χ3v) is 4.65. The Morgan fingerprint density at radius 3 is 2.84 bits per heavy atom. The zero-order valence-electron chi connectivity index (χ0n) is 11.3. The molecule has 2 aliphatic heterocycles. The van der Waals surface area contributed by atoms with Crippen molar-refractivity contribution in [3.05, 3.63) is 29.6 Å². The smallest absolute Gasteiger partial charge is 0.165 e. The minimum absolute atomic E-state index is 0.265. The Hall–Kier alpha value is -1.13. The normalized spacial score (nSPS) is 28.5. The Morgan fingerprint density at radius 1 is 1.26 bits per heavy atom. The Kier molecular flexibility index (Phi) is 3.46. The number of likely N-dealkylation sites (tertiary alicyclic amines) is 1. The highest BCUT2D eigenvalue weighted by molar-refractivity contribution is 5.28. The number of aromatic hydroxyl groups is 1. The predicted octanol–water partition coefficient (Wildman–Crippen LogP) is 2.20. The van der Waals surface area contributed by atoms with E-state index in [1.54, 1.807) is 0 Å². The molecular weight excluding hydrogens is 243 g/mol. The molecule has 4 heteroatoms. The number of rotatable bonds is 2. The quantitative estimate of drug-likeness (QED) is 0.887. The van der Waals surface area contributed by atoms with Gasteiger partial charge in [0.1, 0.15) is 0 Å². The summed E-state index contributed by atoms with van der Waals surface area (Å²) in [5.74, 6) is -0.788. The van der Waals surface area contributed by atoms with Crippen LogP contribution < -0.4 is 0 Å². The maximum Gasteiger partial charge on any atom is 0.165 e. The van der Waals surface area contributed by atoms with Crippen LogP contribution in [-0.4, -0.2) is 47.1 Å². The number of benzene rings is 1. The molecule has 104 valence electrons. The highest BCUT2D eigenvalue weighted by atomic mass is 19.1. The lowest BCUT2D eigenvalue weighted by atomic mass is 10.1. The van der Waals surface area contributed by atoms with Crippen LogP contribution in [0.4, 0.5) is 4.39 Å². The topological polar surface area (TPSA) is 26.7 Å². The summed E-state index contributed by atoms with van der Waals surface area (Å²) >= 11 is 0. The van der Waals surface area contributed by atoms with Crippen molar-refractivity contribution < 1.29 is 9.50 Å². The molecule has 0 spiro atoms. The molecule has 19 heavy (non-hydrogen) atoms. The molecule has 0 radical (unpaired) electrons. The van der Waals surface area contributed by atoms with E-state index in [-0.39, 0.29) is 5.75 Å². The molecule has 0 amide bonds. The summed E-state index contributed by atoms with van der Waals surface area (Å²) in [6.45, 7) is 2.91. The van der Waals surface area contributed by atoms with Gasteiger partial charge in [0.2, 0.25) is 0 Å². The van der Waals surface area contributed by atoms with Crippen molar-refractivity contribution in [2.75, 3.05) is 20.1 Å². The summed E-state index contributed by atoms with van der Waals surface area (Å²) in [5.41, 5.74) is 0.940. The van der Waals surface area contributed by atoms with Crippen LogP contribution >= 0.6 is 0 Å². The first-order chi connectivity index (χ1) is 9.13. The van der Waals surface area contributed by atoms with Gasteiger partial charge >= 0.3 is 0 Å². The first-order valence-corrected chi connectivity index (χ1v) is 7.05. The van der Waals surface area contributed by atoms with Crippen molar-refractivity contribution in [3.8, 4) is 5.75 Å². The molecule has 2 atom stereocenters. The van der Waals surface area contributed by atoms with E-state index < -0.39 is 5.82 Å². The van der Waals surface area contributed by atoms with E-state index in [4.69, 9.17) is 0 Å². The van der Waals surface area contributed by atoms with Crippen molar-refractivity contribution in [2.24, 2.45) is 0 Å². The lowest BCUT2D eigenvalue weighted by Gasteiger charge is -2.25. The van der Waals surface area contributed by atoms with Gasteiger partial charge in [-0.25, -0.2) is 4.39 Å². The van der Waals surface area contributed by atoms with Crippen LogP contribution in [0.15, 0.2) is 18.2 Å². The van der Waals surface area contributed by atoms with Gasteiger partial charge in [0, 0.05) is 31.7 Å². The van der Waals surface area contributed by atoms with Crippen LogP contribution in [0.2, 0.25) is 0 Å². The molecule has 0 saturated carbocycles. The number of hydrogen-bond donors (Lipinski definition) is 1. The standard InChI is InChI=1S/C15H21FN2O/c1-17-12-3-4-13(17)10-18(7-6-12)9-11-2-5-15(19)14(16)8-11/h2,5,8,12-13,19H,3-4,6-7,9-10H2,1H3. The number of likely N-dealkylation sites (N-methyl/N-ethyl adjacent to an activating group) is 1. The van der Waals surface area contributed by atoms with Crippen LogP contribution in [0, 0.1) is 5.82 Å². The second-order valence-electron chi connectivity index (χ2n) is 5.86. The van der Waals surface area contributed by atoms with Gasteiger partial charge in [0.15, 0.2) is 11.6 Å². The van der Waals surface area contributed by atoms with Crippen LogP contribution in [-0.2, 0) is 6.54 Å². The summed E-state index contributed by atoms with van der Waals surface area (Å²) in [5, 5.41) is 9.22. The van der Waals surface area contributed by atoms with Gasteiger partial charge in [-0.1, -0.05) is 6.07 Å². The Morgan fingerprint density at radius 2 is 2.05 bits per heavy atom. The first kappa shape index (κ1) is 12.9. The number of halogens is 1. The molecule has 3 nitrogen and oxygen atoms in total. The molecule has 1 N–H and O–H groups in total. The number of phenolic OH excluding ortho intramolecular Hbond substituents is 1. The van der Waals surface area contributed by atoms with Crippen molar-refractivity contribution in [3.63, 3.8) is 0 Å². The number of hydrogen-bond acceptors (Lipinski definition) is 3. The van der Waals surface area contributed by atoms with E-state index in [0.29, 0.717) is 6.04 Å². The number of nitrogens with zero attached hydrogens (tertiary/aromatic N) is 2. The molecule has 2 heterocycles. The summed E-state index contributed by atoms with van der Waals surface area (Å²) < 4.78 is 13.3. The molecule has 2 aliphatic rings. The van der Waals surface area contributed by atoms with Gasteiger partial charge < -0.3 is 5.11 Å². The van der Waals surface area contributed by atoms with Gasteiger partial charge in [-0.2, -0.15) is 0 Å². The number of fused-ring (bicyclic) bond motifs is 2. The van der Waals surface area contributed by atoms with Crippen molar-refractivity contribution in [2.45, 2.75) is 37.9 Å². The summed E-state index contributed by atoms with van der Waals surface area (Å²) in [7, 11) is 2.23. The summed E-state index contributed by atoms with van der Waals surface area (Å²) in [6.07, 6.45) is 3.80. The van der Waals surface area contributed by atoms with Crippen molar-refractivity contribution in [1.82, 2.24) is 9.80 Å². The van der Waals surface area contributed by atoms with E-state index in [0.717, 1.165) is 31.2 Å². The Bertz CT molecular complexity index is 465. The third kappa shape index (κ3) is 2.60. The Balaban J connectivity index is 1.68. The zero-order chi connectivity index (χ0) is 13.4. The second kappa shape index (κ2) is 5.10. The van der Waals surface area contributed by atoms with Crippen LogP contribution in [0.25, 0.3) is 0 Å². The van der Waals surface area contributed by atoms with E-state index in [1.165, 1.54) is 31.4 Å². The van der Waals surface area contributed by atoms with Crippen LogP contribution in [0.3, 0.4) is 0 Å². The maximum absolute atomic E-state index is 13.3. The average molecular weight is 264 g/mol. The van der Waals surface area contributed by atoms with Gasteiger partial charge in [-0.3, -0.25) is 9.80 Å². The largest absolute Gasteiger partial charge is 0.505 e. The molecule has 2 unspecified atom stereocenters. The average Bonchev–Trinajstić information content (AvgIpc) is 2.62. The molecule has 3 rings (SSSR count). The van der Waals surface area contributed by atoms with Crippen LogP contribution in [0.1, 0.15) is 24.8 Å². The number of phenols is 1. The van der Waals surface area contributed by atoms with Gasteiger partial charge in [0.05, 0.1) is 0 Å². The first-order valence-electron chi connectivity index (χ1n) is 7.05. The lowest BCUT2D eigenvalue weighted by molar-refractivity contribution is 0.214. The maximum atomic E-state index is 13.3. The minimum atomic E-state index is -0.522. The SMILES string of the molecule is CN1C2CCC1CN(Cc1ccc(O)c(F)c1)CC2. The molecular formula is C15H21FN2O. The molecule has 2 fully saturated rings. The van der Waals surface area contributed by atoms with E-state index in [9.17, 15) is 9.50 Å². The fourth-order valence-electron chi connectivity index (χ4n) is 3.43. The van der Waals surface area contributed by atoms with Gasteiger partial charge in [-0.05, 0) is 44.0 Å². The van der Waals surface area contributed by atoms with E-state index in [1.807, 2.05) is 6.07 Å². The molecule has 0 aliphatic carbocycles. The Labute approximate surface area is 113 Å². The molecule has 2 saturated heterocycles. The van der Waals surface area contributed by atoms with Crippen LogP contribution in [0.5, 0.6) is 5.75 Å². The molecule has 2 bridgehead atoms. The van der Waals surface area contributed by atoms with E-state index in [2.05, 4.69) is 16.8 Å². The molecule has 1 aromatic rings. The second-order valence-corrected chi connectivity index (χ2v) is 5.86. The monoisotopic (exact) mass is 264 g/mol. The van der Waals surface area contributed by atoms with Crippen molar-refractivity contribution in [1.29, 1.82) is 0 Å². The zero-order valence-corrected chi connectivity index (χ0v) is 11.3. The minimum Gasteiger partial charge on any atom is -0.505 e. The van der Waals surface area contributed by atoms with Gasteiger partial charge in [-0.15, -0.1) is 0 Å². The van der Waals surface area contributed by atoms with Crippen molar-refractivity contribution >= 4 is 0 Å². The highest BCUT2D eigenvalue weighted by Crippen LogP contribution is 2.29. The summed E-state index contributed by atoms with van der Waals surface area (Å²) in [6, 6.07) is 6.08. The summed E-state index contributed by atoms with van der Waals surface area (Å²) in [4.78, 5) is 4.92. The highest BCUT2D eigenvalue weighted by Gasteiger charge is 2.34. The fraction of sp³-hybridized carbons (Fsp3) is 0.600. The molecule has 0 aromatic heterocycles. The third-order valence-electron chi connectivity index (χ3n) is 4.65. The predicted molar refractivity (Wildman–Crippen MR) is 72.5 cm³/mol.